The maximum atomic E-state index is 12.3. The maximum absolute atomic E-state index is 12.3. The molecule has 0 bridgehead atoms. The zero-order valence-electron chi connectivity index (χ0n) is 18.0. The molecule has 33 heavy (non-hydrogen) atoms. The van der Waals surface area contributed by atoms with Gasteiger partial charge in [-0.15, -0.1) is 11.3 Å². The lowest BCUT2D eigenvalue weighted by Crippen LogP contribution is -2.28. The predicted molar refractivity (Wildman–Crippen MR) is 137 cm³/mol. The Labute approximate surface area is 200 Å². The van der Waals surface area contributed by atoms with Crippen LogP contribution < -0.4 is 10.6 Å². The highest BCUT2D eigenvalue weighted by atomic mass is 32.2. The SMILES string of the molecule is C[C@@H](NC(=O)CSc1nc2ccc(NC(=O)/C=C/c3ccccc3)cc2s1)c1ccccc1. The van der Waals surface area contributed by atoms with Crippen LogP contribution in [0.3, 0.4) is 0 Å². The molecule has 2 amide bonds. The summed E-state index contributed by atoms with van der Waals surface area (Å²) < 4.78 is 1.78. The molecule has 4 aromatic rings. The van der Waals surface area contributed by atoms with Crippen LogP contribution in [0, 0.1) is 0 Å². The molecule has 0 aliphatic heterocycles. The molecule has 5 nitrogen and oxygen atoms in total. The van der Waals surface area contributed by atoms with Gasteiger partial charge < -0.3 is 10.6 Å². The highest BCUT2D eigenvalue weighted by Gasteiger charge is 2.12. The first-order valence-electron chi connectivity index (χ1n) is 10.5. The van der Waals surface area contributed by atoms with E-state index in [1.807, 2.05) is 85.8 Å². The summed E-state index contributed by atoms with van der Waals surface area (Å²) in [4.78, 5) is 29.2. The molecule has 0 spiro atoms. The van der Waals surface area contributed by atoms with Crippen molar-refractivity contribution >= 4 is 56.9 Å². The predicted octanol–water partition coefficient (Wildman–Crippen LogP) is 5.92. The van der Waals surface area contributed by atoms with Crippen molar-refractivity contribution in [3.05, 3.63) is 96.1 Å². The number of thioether (sulfide) groups is 1. The number of thiazole rings is 1. The quantitative estimate of drug-likeness (QED) is 0.246. The molecular formula is C26H23N3O2S2. The molecule has 3 aromatic carbocycles. The van der Waals surface area contributed by atoms with Crippen molar-refractivity contribution in [2.24, 2.45) is 0 Å². The van der Waals surface area contributed by atoms with Crippen molar-refractivity contribution in [3.8, 4) is 0 Å². The first-order valence-corrected chi connectivity index (χ1v) is 12.3. The third-order valence-corrected chi connectivity index (χ3v) is 7.03. The number of fused-ring (bicyclic) bond motifs is 1. The Bertz CT molecular complexity index is 1270. The summed E-state index contributed by atoms with van der Waals surface area (Å²) in [6, 6.07) is 25.1. The topological polar surface area (TPSA) is 71.1 Å². The van der Waals surface area contributed by atoms with Crippen molar-refractivity contribution in [3.63, 3.8) is 0 Å². The van der Waals surface area contributed by atoms with Crippen LogP contribution in [0.1, 0.15) is 24.1 Å². The van der Waals surface area contributed by atoms with Crippen molar-refractivity contribution in [2.45, 2.75) is 17.3 Å². The second-order valence-corrected chi connectivity index (χ2v) is 9.64. The summed E-state index contributed by atoms with van der Waals surface area (Å²) in [7, 11) is 0. The summed E-state index contributed by atoms with van der Waals surface area (Å²) >= 11 is 2.92. The molecule has 2 N–H and O–H groups in total. The van der Waals surface area contributed by atoms with Crippen LogP contribution in [0.15, 0.2) is 89.3 Å². The zero-order valence-corrected chi connectivity index (χ0v) is 19.7. The van der Waals surface area contributed by atoms with Crippen LogP contribution in [0.25, 0.3) is 16.3 Å². The number of nitrogens with zero attached hydrogens (tertiary/aromatic N) is 1. The van der Waals surface area contributed by atoms with Crippen LogP contribution in [-0.2, 0) is 9.59 Å². The lowest BCUT2D eigenvalue weighted by Gasteiger charge is -2.13. The van der Waals surface area contributed by atoms with Gasteiger partial charge in [0.25, 0.3) is 0 Å². The molecule has 166 valence electrons. The highest BCUT2D eigenvalue weighted by Crippen LogP contribution is 2.31. The fourth-order valence-corrected chi connectivity index (χ4v) is 5.12. The Kier molecular flexibility index (Phi) is 7.55. The van der Waals surface area contributed by atoms with E-state index in [1.54, 1.807) is 6.08 Å². The third kappa shape index (κ3) is 6.54. The van der Waals surface area contributed by atoms with Gasteiger partial charge in [0, 0.05) is 11.8 Å². The fourth-order valence-electron chi connectivity index (χ4n) is 3.20. The minimum atomic E-state index is -0.193. The van der Waals surface area contributed by atoms with Crippen LogP contribution in [0.4, 0.5) is 5.69 Å². The third-order valence-electron chi connectivity index (χ3n) is 4.87. The molecule has 0 radical (unpaired) electrons. The number of benzene rings is 3. The van der Waals surface area contributed by atoms with Crippen LogP contribution in [0.5, 0.6) is 0 Å². The summed E-state index contributed by atoms with van der Waals surface area (Å²) in [6.07, 6.45) is 3.29. The number of rotatable bonds is 8. The maximum Gasteiger partial charge on any atom is 0.248 e. The van der Waals surface area contributed by atoms with Crippen LogP contribution in [-0.4, -0.2) is 22.6 Å². The van der Waals surface area contributed by atoms with Gasteiger partial charge >= 0.3 is 0 Å². The van der Waals surface area contributed by atoms with E-state index in [-0.39, 0.29) is 17.9 Å². The standard InChI is InChI=1S/C26H23N3O2S2/c1-18(20-10-6-3-7-11-20)27-25(31)17-32-26-29-22-14-13-21(16-23(22)33-26)28-24(30)15-12-19-8-4-2-5-9-19/h2-16,18H,17H2,1H3,(H,27,31)(H,28,30)/b15-12+/t18-/m1/s1. The molecule has 0 fully saturated rings. The molecule has 1 aromatic heterocycles. The Morgan fingerprint density at radius 1 is 1.03 bits per heavy atom. The van der Waals surface area contributed by atoms with Crippen molar-refractivity contribution < 1.29 is 9.59 Å². The van der Waals surface area contributed by atoms with Gasteiger partial charge in [-0.1, -0.05) is 72.4 Å². The van der Waals surface area contributed by atoms with Crippen molar-refractivity contribution in [2.75, 3.05) is 11.1 Å². The second kappa shape index (κ2) is 10.9. The van der Waals surface area contributed by atoms with Gasteiger partial charge in [0.05, 0.1) is 22.0 Å². The van der Waals surface area contributed by atoms with Gasteiger partial charge in [-0.3, -0.25) is 9.59 Å². The molecule has 7 heteroatoms. The van der Waals surface area contributed by atoms with Gasteiger partial charge in [0.1, 0.15) is 0 Å². The first-order chi connectivity index (χ1) is 16.1. The highest BCUT2D eigenvalue weighted by molar-refractivity contribution is 8.01. The van der Waals surface area contributed by atoms with Gasteiger partial charge in [0.2, 0.25) is 11.8 Å². The molecule has 4 rings (SSSR count). The minimum Gasteiger partial charge on any atom is -0.349 e. The number of carbonyl (C=O) groups is 2. The number of amides is 2. The Morgan fingerprint density at radius 3 is 2.52 bits per heavy atom. The van der Waals surface area contributed by atoms with E-state index in [0.29, 0.717) is 11.4 Å². The van der Waals surface area contributed by atoms with Gasteiger partial charge in [-0.25, -0.2) is 4.98 Å². The molecule has 0 unspecified atom stereocenters. The molecule has 0 saturated heterocycles. The summed E-state index contributed by atoms with van der Waals surface area (Å²) in [5, 5.41) is 5.90. The van der Waals surface area contributed by atoms with Crippen molar-refractivity contribution in [1.29, 1.82) is 0 Å². The smallest absolute Gasteiger partial charge is 0.248 e. The lowest BCUT2D eigenvalue weighted by molar-refractivity contribution is -0.119. The largest absolute Gasteiger partial charge is 0.349 e. The average Bonchev–Trinajstić information content (AvgIpc) is 3.25. The van der Waals surface area contributed by atoms with E-state index in [0.717, 1.165) is 25.7 Å². The van der Waals surface area contributed by atoms with E-state index >= 15 is 0 Å². The number of carbonyl (C=O) groups excluding carboxylic acids is 2. The number of anilines is 1. The van der Waals surface area contributed by atoms with E-state index in [2.05, 4.69) is 15.6 Å². The van der Waals surface area contributed by atoms with E-state index in [9.17, 15) is 9.59 Å². The minimum absolute atomic E-state index is 0.0336. The molecule has 0 saturated carbocycles. The number of aromatic nitrogens is 1. The number of hydrogen-bond acceptors (Lipinski definition) is 5. The van der Waals surface area contributed by atoms with E-state index in [4.69, 9.17) is 0 Å². The Balaban J connectivity index is 1.32. The summed E-state index contributed by atoms with van der Waals surface area (Å²) in [6.45, 7) is 1.97. The van der Waals surface area contributed by atoms with Gasteiger partial charge in [0.15, 0.2) is 4.34 Å². The first kappa shape index (κ1) is 22.8. The lowest BCUT2D eigenvalue weighted by atomic mass is 10.1. The normalized spacial score (nSPS) is 12.0. The fraction of sp³-hybridized carbons (Fsp3) is 0.115. The molecule has 1 atom stereocenters. The number of hydrogen-bond donors (Lipinski definition) is 2. The molecule has 0 aliphatic carbocycles. The van der Waals surface area contributed by atoms with Crippen LogP contribution >= 0.6 is 23.1 Å². The van der Waals surface area contributed by atoms with Gasteiger partial charge in [-0.2, -0.15) is 0 Å². The molecule has 1 heterocycles. The second-order valence-electron chi connectivity index (χ2n) is 7.38. The molecular weight excluding hydrogens is 450 g/mol. The van der Waals surface area contributed by atoms with Gasteiger partial charge in [-0.05, 0) is 42.3 Å². The van der Waals surface area contributed by atoms with Crippen LogP contribution in [0.2, 0.25) is 0 Å². The average molecular weight is 474 g/mol. The summed E-state index contributed by atoms with van der Waals surface area (Å²) in [5.74, 6) is 0.0699. The number of nitrogens with one attached hydrogen (secondary N) is 2. The Morgan fingerprint density at radius 2 is 1.76 bits per heavy atom. The Hall–Kier alpha value is -3.42. The monoisotopic (exact) mass is 473 g/mol. The van der Waals surface area contributed by atoms with E-state index < -0.39 is 0 Å². The molecule has 0 aliphatic rings. The zero-order chi connectivity index (χ0) is 23.0. The summed E-state index contributed by atoms with van der Waals surface area (Å²) in [5.41, 5.74) is 3.59. The van der Waals surface area contributed by atoms with Crippen molar-refractivity contribution in [1.82, 2.24) is 10.3 Å². The van der Waals surface area contributed by atoms with E-state index in [1.165, 1.54) is 29.2 Å².